The molecule has 0 saturated heterocycles. The van der Waals surface area contributed by atoms with Crippen molar-refractivity contribution >= 4 is 33.3 Å². The van der Waals surface area contributed by atoms with Gasteiger partial charge in [0, 0.05) is 23.6 Å². The van der Waals surface area contributed by atoms with Gasteiger partial charge in [0.2, 0.25) is 5.69 Å². The van der Waals surface area contributed by atoms with Crippen molar-refractivity contribution in [1.82, 2.24) is 25.3 Å². The first-order valence-corrected chi connectivity index (χ1v) is 12.5. The van der Waals surface area contributed by atoms with Crippen molar-refractivity contribution < 1.29 is 9.53 Å². The number of alkyl carbamates (subject to hydrolysis) is 1. The number of nitrogens with one attached hydrogen (secondary N) is 2. The molecule has 3 aromatic carbocycles. The van der Waals surface area contributed by atoms with Crippen LogP contribution in [0.4, 0.5) is 10.5 Å². The third kappa shape index (κ3) is 4.84. The van der Waals surface area contributed by atoms with Crippen LogP contribution < -0.4 is 10.9 Å². The number of carbonyl (C=O) groups excluding carboxylic acids is 1. The summed E-state index contributed by atoms with van der Waals surface area (Å²) < 4.78 is 7.10. The number of aryl methyl sites for hydroxylation is 2. The number of rotatable bonds is 4. The zero-order chi connectivity index (χ0) is 27.9. The molecule has 0 bridgehead atoms. The molecule has 5 aromatic rings. The predicted molar refractivity (Wildman–Crippen MR) is 152 cm³/mol. The average Bonchev–Trinajstić information content (AvgIpc) is 3.28. The van der Waals surface area contributed by atoms with Crippen LogP contribution in [0, 0.1) is 13.5 Å². The molecule has 2 aromatic heterocycles. The summed E-state index contributed by atoms with van der Waals surface area (Å²) in [6.45, 7) is 15.4. The van der Waals surface area contributed by atoms with Gasteiger partial charge in [0.1, 0.15) is 5.60 Å². The lowest BCUT2D eigenvalue weighted by molar-refractivity contribution is 0.0523. The number of fused-ring (bicyclic) bond motifs is 2. The Kier molecular flexibility index (Phi) is 6.40. The smallest absolute Gasteiger partial charge is 0.407 e. The maximum Gasteiger partial charge on any atom is 0.407 e. The van der Waals surface area contributed by atoms with Gasteiger partial charge in [-0.05, 0) is 61.7 Å². The molecular weight excluding hydrogens is 492 g/mol. The highest BCUT2D eigenvalue weighted by Gasteiger charge is 2.21. The van der Waals surface area contributed by atoms with Crippen LogP contribution >= 0.6 is 0 Å². The molecule has 0 unspecified atom stereocenters. The second kappa shape index (κ2) is 9.72. The first-order chi connectivity index (χ1) is 18.6. The van der Waals surface area contributed by atoms with Crippen LogP contribution in [-0.2, 0) is 18.3 Å². The number of amides is 1. The van der Waals surface area contributed by atoms with Gasteiger partial charge in [0.25, 0.3) is 5.56 Å². The second-order valence-corrected chi connectivity index (χ2v) is 10.4. The lowest BCUT2D eigenvalue weighted by Gasteiger charge is -2.19. The van der Waals surface area contributed by atoms with Crippen LogP contribution in [0.1, 0.15) is 32.0 Å². The minimum atomic E-state index is -0.639. The van der Waals surface area contributed by atoms with Gasteiger partial charge in [-0.25, -0.2) is 14.7 Å². The number of hydrogen-bond acceptors (Lipinski definition) is 5. The molecule has 0 atom stereocenters. The molecule has 0 spiro atoms. The molecule has 0 fully saturated rings. The maximum atomic E-state index is 12.6. The molecule has 0 saturated carbocycles. The van der Waals surface area contributed by atoms with Crippen molar-refractivity contribution in [2.45, 2.75) is 39.8 Å². The summed E-state index contributed by atoms with van der Waals surface area (Å²) in [5, 5.41) is 16.9. The fraction of sp³-hybridized carbons (Fsp3) is 0.233. The van der Waals surface area contributed by atoms with Crippen LogP contribution in [0.25, 0.3) is 48.8 Å². The molecule has 5 rings (SSSR count). The van der Waals surface area contributed by atoms with E-state index in [1.54, 1.807) is 37.7 Å². The van der Waals surface area contributed by atoms with E-state index in [1.807, 2.05) is 56.4 Å². The number of ether oxygens (including phenoxy) is 1. The maximum absolute atomic E-state index is 12.6. The molecule has 9 heteroatoms. The summed E-state index contributed by atoms with van der Waals surface area (Å²) >= 11 is 0. The van der Waals surface area contributed by atoms with Crippen molar-refractivity contribution in [2.75, 3.05) is 0 Å². The summed E-state index contributed by atoms with van der Waals surface area (Å²) in [5.74, 6) is 0. The quantitative estimate of drug-likeness (QED) is 0.282. The van der Waals surface area contributed by atoms with Gasteiger partial charge < -0.3 is 10.1 Å². The third-order valence-electron chi connectivity index (χ3n) is 6.51. The fourth-order valence-corrected chi connectivity index (χ4v) is 4.80. The Morgan fingerprint density at radius 3 is 2.54 bits per heavy atom. The Bertz CT molecular complexity index is 1850. The van der Waals surface area contributed by atoms with Gasteiger partial charge in [-0.15, -0.1) is 0 Å². The van der Waals surface area contributed by atoms with Crippen molar-refractivity contribution in [1.29, 1.82) is 0 Å². The molecule has 2 heterocycles. The highest BCUT2D eigenvalue weighted by Crippen LogP contribution is 2.42. The molecule has 196 valence electrons. The molecule has 1 amide bonds. The van der Waals surface area contributed by atoms with Crippen molar-refractivity contribution in [3.8, 4) is 22.4 Å². The SMILES string of the molecule is [C-]#[N+]c1c(-c2c(-c3ccc4c(=O)[nH]nc(CNC(=O)OC(C)(C)C)c4c3)cnn2C)cc(C)c2ccccc12. The predicted octanol–water partition coefficient (Wildman–Crippen LogP) is 6.03. The van der Waals surface area contributed by atoms with Crippen molar-refractivity contribution in [3.05, 3.63) is 87.8 Å². The van der Waals surface area contributed by atoms with Gasteiger partial charge in [0.05, 0.1) is 36.1 Å². The van der Waals surface area contributed by atoms with Gasteiger partial charge in [-0.3, -0.25) is 9.48 Å². The van der Waals surface area contributed by atoms with Crippen LogP contribution in [-0.4, -0.2) is 31.7 Å². The van der Waals surface area contributed by atoms with Crippen LogP contribution in [0.3, 0.4) is 0 Å². The largest absolute Gasteiger partial charge is 0.444 e. The van der Waals surface area contributed by atoms with Gasteiger partial charge >= 0.3 is 6.09 Å². The van der Waals surface area contributed by atoms with Crippen molar-refractivity contribution in [3.63, 3.8) is 0 Å². The van der Waals surface area contributed by atoms with E-state index in [1.165, 1.54) is 0 Å². The average molecular weight is 521 g/mol. The summed E-state index contributed by atoms with van der Waals surface area (Å²) in [6, 6.07) is 15.4. The Morgan fingerprint density at radius 1 is 1.08 bits per heavy atom. The van der Waals surface area contributed by atoms with E-state index in [0.717, 1.165) is 38.7 Å². The highest BCUT2D eigenvalue weighted by molar-refractivity contribution is 6.05. The van der Waals surface area contributed by atoms with Crippen LogP contribution in [0.5, 0.6) is 0 Å². The zero-order valence-corrected chi connectivity index (χ0v) is 22.4. The minimum absolute atomic E-state index is 0.0667. The first-order valence-electron chi connectivity index (χ1n) is 12.5. The van der Waals surface area contributed by atoms with E-state index in [4.69, 9.17) is 11.3 Å². The molecule has 0 aliphatic carbocycles. The molecule has 0 aliphatic rings. The second-order valence-electron chi connectivity index (χ2n) is 10.4. The highest BCUT2D eigenvalue weighted by atomic mass is 16.6. The summed E-state index contributed by atoms with van der Waals surface area (Å²) in [5.41, 5.74) is 4.33. The van der Waals surface area contributed by atoms with Crippen LogP contribution in [0.15, 0.2) is 59.5 Å². The van der Waals surface area contributed by atoms with Gasteiger partial charge in [-0.2, -0.15) is 10.2 Å². The first kappa shape index (κ1) is 25.7. The number of benzene rings is 3. The van der Waals surface area contributed by atoms with Gasteiger partial charge in [0.15, 0.2) is 0 Å². The molecule has 9 nitrogen and oxygen atoms in total. The number of nitrogens with zero attached hydrogens (tertiary/aromatic N) is 4. The van der Waals surface area contributed by atoms with Crippen molar-refractivity contribution in [2.24, 2.45) is 7.05 Å². The van der Waals surface area contributed by atoms with E-state index in [2.05, 4.69) is 25.5 Å². The Labute approximate surface area is 225 Å². The van der Waals surface area contributed by atoms with E-state index >= 15 is 0 Å². The zero-order valence-electron chi connectivity index (χ0n) is 22.4. The molecule has 39 heavy (non-hydrogen) atoms. The molecule has 0 aliphatic heterocycles. The number of aromatic nitrogens is 4. The van der Waals surface area contributed by atoms with Gasteiger partial charge in [-0.1, -0.05) is 36.4 Å². The van der Waals surface area contributed by atoms with E-state index in [-0.39, 0.29) is 12.1 Å². The lowest BCUT2D eigenvalue weighted by Crippen LogP contribution is -2.32. The Balaban J connectivity index is 1.63. The minimum Gasteiger partial charge on any atom is -0.444 e. The van der Waals surface area contributed by atoms with E-state index < -0.39 is 11.7 Å². The number of carbonyl (C=O) groups is 1. The standard InChI is InChI=1S/C30H28N6O3/c1-17-13-23(26(31-5)20-10-8-7-9-19(17)20)27-24(15-33-36(27)6)18-11-12-21-22(14-18)25(34-35-28(21)37)16-32-29(38)39-30(2,3)4/h7-15H,16H2,1-4,6H3,(H,32,38)(H,35,37). The Morgan fingerprint density at radius 2 is 1.82 bits per heavy atom. The number of H-pyrrole nitrogens is 1. The Hall–Kier alpha value is -4.97. The normalized spacial score (nSPS) is 11.5. The van der Waals surface area contributed by atoms with E-state index in [0.29, 0.717) is 22.2 Å². The number of aromatic amines is 1. The third-order valence-corrected chi connectivity index (χ3v) is 6.51. The summed E-state index contributed by atoms with van der Waals surface area (Å²) in [6.07, 6.45) is 1.18. The summed E-state index contributed by atoms with van der Waals surface area (Å²) in [7, 11) is 1.85. The molecule has 2 N–H and O–H groups in total. The fourth-order valence-electron chi connectivity index (χ4n) is 4.80. The topological polar surface area (TPSA) is 106 Å². The number of hydrogen-bond donors (Lipinski definition) is 2. The molecule has 0 radical (unpaired) electrons. The van der Waals surface area contributed by atoms with E-state index in [9.17, 15) is 9.59 Å². The summed E-state index contributed by atoms with van der Waals surface area (Å²) in [4.78, 5) is 28.7. The monoisotopic (exact) mass is 520 g/mol. The molecular formula is C30H28N6O3. The lowest BCUT2D eigenvalue weighted by atomic mass is 9.93. The van der Waals surface area contributed by atoms with Crippen LogP contribution in [0.2, 0.25) is 0 Å².